The Kier molecular flexibility index (Phi) is 5.08. The maximum atomic E-state index is 10.5. The molecule has 88 valence electrons. The molecule has 0 aromatic heterocycles. The van der Waals surface area contributed by atoms with E-state index in [1.165, 1.54) is 13.8 Å². The minimum atomic E-state index is -0.562. The largest absolute Gasteiger partial charge is 0.394 e. The summed E-state index contributed by atoms with van der Waals surface area (Å²) in [6.07, 6.45) is 0. The van der Waals surface area contributed by atoms with Crippen molar-refractivity contribution >= 4 is 23.9 Å². The Hall–Kier alpha value is -1.98. The maximum Gasteiger partial charge on any atom is 0.342 e. The molecule has 6 heteroatoms. The summed E-state index contributed by atoms with van der Waals surface area (Å²) in [7, 11) is 0. The number of hydrogen-bond donors (Lipinski definition) is 0. The summed E-state index contributed by atoms with van der Waals surface area (Å²) in [6, 6.07) is 0. The van der Waals surface area contributed by atoms with Crippen LogP contribution in [0.5, 0.6) is 0 Å². The Balaban J connectivity index is 0.000000293. The van der Waals surface area contributed by atoms with Crippen LogP contribution in [0.4, 0.5) is 0 Å². The summed E-state index contributed by atoms with van der Waals surface area (Å²) < 4.78 is 8.21. The summed E-state index contributed by atoms with van der Waals surface area (Å²) in [5.41, 5.74) is 0.833. The molecule has 1 rings (SSSR count). The fourth-order valence-electron chi connectivity index (χ4n) is 0.746. The van der Waals surface area contributed by atoms with Crippen molar-refractivity contribution in [3.05, 3.63) is 11.1 Å². The maximum absolute atomic E-state index is 10.5. The quantitative estimate of drug-likeness (QED) is 0.443. The minimum Gasteiger partial charge on any atom is -0.394 e. The molecule has 6 nitrogen and oxygen atoms in total. The van der Waals surface area contributed by atoms with Crippen LogP contribution in [-0.2, 0) is 28.7 Å². The van der Waals surface area contributed by atoms with E-state index in [2.05, 4.69) is 9.47 Å². The van der Waals surface area contributed by atoms with Crippen LogP contribution in [0.25, 0.3) is 0 Å². The molecule has 0 fully saturated rings. The number of hydrogen-bond acceptors (Lipinski definition) is 6. The Morgan fingerprint density at radius 3 is 1.31 bits per heavy atom. The van der Waals surface area contributed by atoms with Crippen LogP contribution in [0.2, 0.25) is 0 Å². The summed E-state index contributed by atoms with van der Waals surface area (Å²) >= 11 is 0. The highest BCUT2D eigenvalue weighted by Crippen LogP contribution is 2.14. The lowest BCUT2D eigenvalue weighted by Gasteiger charge is -1.87. The monoisotopic (exact) mass is 228 g/mol. The van der Waals surface area contributed by atoms with Crippen molar-refractivity contribution < 1.29 is 28.7 Å². The summed E-state index contributed by atoms with van der Waals surface area (Å²) in [5.74, 6) is -2.16. The second kappa shape index (κ2) is 5.79. The standard InChI is InChI=1S/C6H6O3.C4H6O3/c1-3-4(2)6(8)9-5(3)7;1-3(5)7-4(2)6/h1-2H3;1-2H3. The predicted octanol–water partition coefficient (Wildman–Crippen LogP) is 0.502. The lowest BCUT2D eigenvalue weighted by atomic mass is 10.2. The van der Waals surface area contributed by atoms with E-state index in [9.17, 15) is 19.2 Å². The fraction of sp³-hybridized carbons (Fsp3) is 0.400. The molecular weight excluding hydrogens is 216 g/mol. The van der Waals surface area contributed by atoms with Gasteiger partial charge in [-0.15, -0.1) is 0 Å². The predicted molar refractivity (Wildman–Crippen MR) is 51.9 cm³/mol. The van der Waals surface area contributed by atoms with Crippen molar-refractivity contribution in [2.45, 2.75) is 27.7 Å². The number of carbonyl (C=O) groups is 4. The molecule has 0 spiro atoms. The van der Waals surface area contributed by atoms with Gasteiger partial charge in [-0.25, -0.2) is 9.59 Å². The zero-order valence-electron chi connectivity index (χ0n) is 9.45. The summed E-state index contributed by atoms with van der Waals surface area (Å²) in [6.45, 7) is 5.51. The summed E-state index contributed by atoms with van der Waals surface area (Å²) in [4.78, 5) is 40.6. The van der Waals surface area contributed by atoms with Crippen molar-refractivity contribution in [2.75, 3.05) is 0 Å². The topological polar surface area (TPSA) is 86.7 Å². The van der Waals surface area contributed by atoms with Crippen LogP contribution in [0.1, 0.15) is 27.7 Å². The zero-order valence-corrected chi connectivity index (χ0v) is 9.45. The smallest absolute Gasteiger partial charge is 0.342 e. The summed E-state index contributed by atoms with van der Waals surface area (Å²) in [5, 5.41) is 0. The molecule has 0 unspecified atom stereocenters. The van der Waals surface area contributed by atoms with Crippen LogP contribution in [0, 0.1) is 0 Å². The van der Waals surface area contributed by atoms with E-state index in [0.29, 0.717) is 11.1 Å². The Morgan fingerprint density at radius 2 is 1.25 bits per heavy atom. The Morgan fingerprint density at radius 1 is 0.938 bits per heavy atom. The average molecular weight is 228 g/mol. The first-order valence-electron chi connectivity index (χ1n) is 4.38. The van der Waals surface area contributed by atoms with Gasteiger partial charge in [-0.2, -0.15) is 0 Å². The van der Waals surface area contributed by atoms with Crippen LogP contribution in [-0.4, -0.2) is 23.9 Å². The lowest BCUT2D eigenvalue weighted by molar-refractivity contribution is -0.156. The first-order chi connectivity index (χ1) is 7.25. The third-order valence-corrected chi connectivity index (χ3v) is 1.65. The zero-order chi connectivity index (χ0) is 12.9. The van der Waals surface area contributed by atoms with Crippen molar-refractivity contribution in [3.8, 4) is 0 Å². The number of carbonyl (C=O) groups excluding carboxylic acids is 4. The molecule has 0 N–H and O–H groups in total. The van der Waals surface area contributed by atoms with E-state index in [1.54, 1.807) is 13.8 Å². The molecule has 0 radical (unpaired) electrons. The Labute approximate surface area is 92.2 Å². The first kappa shape index (κ1) is 14.0. The SMILES string of the molecule is CC(=O)OC(C)=O.CC1=C(C)C(=O)OC1=O. The molecule has 0 aliphatic carbocycles. The molecule has 0 atom stereocenters. The van der Waals surface area contributed by atoms with Gasteiger partial charge in [0.05, 0.1) is 0 Å². The third kappa shape index (κ3) is 4.50. The van der Waals surface area contributed by atoms with E-state index in [1.807, 2.05) is 0 Å². The molecule has 0 saturated heterocycles. The van der Waals surface area contributed by atoms with E-state index >= 15 is 0 Å². The highest BCUT2D eigenvalue weighted by molar-refractivity contribution is 6.11. The van der Waals surface area contributed by atoms with Crippen LogP contribution >= 0.6 is 0 Å². The number of esters is 4. The van der Waals surface area contributed by atoms with Gasteiger partial charge >= 0.3 is 23.9 Å². The molecule has 0 aromatic rings. The van der Waals surface area contributed by atoms with Crippen molar-refractivity contribution in [3.63, 3.8) is 0 Å². The van der Waals surface area contributed by atoms with E-state index in [0.717, 1.165) is 0 Å². The number of cyclic esters (lactones) is 2. The molecule has 1 aliphatic heterocycles. The van der Waals surface area contributed by atoms with Gasteiger partial charge in [-0.05, 0) is 13.8 Å². The third-order valence-electron chi connectivity index (χ3n) is 1.65. The molecular formula is C10H12O6. The van der Waals surface area contributed by atoms with Crippen LogP contribution in [0.15, 0.2) is 11.1 Å². The molecule has 0 amide bonds. The molecule has 1 aliphatic rings. The minimum absolute atomic E-state index is 0.417. The Bertz CT molecular complexity index is 343. The lowest BCUT2D eigenvalue weighted by Crippen LogP contribution is -2.03. The van der Waals surface area contributed by atoms with Gasteiger partial charge in [-0.1, -0.05) is 0 Å². The number of rotatable bonds is 0. The molecule has 16 heavy (non-hydrogen) atoms. The van der Waals surface area contributed by atoms with Gasteiger partial charge in [0.15, 0.2) is 0 Å². The molecule has 0 aromatic carbocycles. The van der Waals surface area contributed by atoms with Gasteiger partial charge in [0.25, 0.3) is 0 Å². The highest BCUT2D eigenvalue weighted by Gasteiger charge is 2.25. The van der Waals surface area contributed by atoms with Gasteiger partial charge < -0.3 is 9.47 Å². The molecule has 1 heterocycles. The molecule has 0 saturated carbocycles. The van der Waals surface area contributed by atoms with E-state index < -0.39 is 23.9 Å². The van der Waals surface area contributed by atoms with Gasteiger partial charge in [-0.3, -0.25) is 9.59 Å². The van der Waals surface area contributed by atoms with Crippen molar-refractivity contribution in [2.24, 2.45) is 0 Å². The van der Waals surface area contributed by atoms with Crippen molar-refractivity contribution in [1.82, 2.24) is 0 Å². The van der Waals surface area contributed by atoms with Gasteiger partial charge in [0.2, 0.25) is 0 Å². The van der Waals surface area contributed by atoms with Crippen molar-refractivity contribution in [1.29, 1.82) is 0 Å². The van der Waals surface area contributed by atoms with E-state index in [4.69, 9.17) is 0 Å². The number of ether oxygens (including phenoxy) is 2. The second-order valence-corrected chi connectivity index (χ2v) is 3.01. The van der Waals surface area contributed by atoms with Crippen LogP contribution in [0.3, 0.4) is 0 Å². The normalized spacial score (nSPS) is 14.0. The van der Waals surface area contributed by atoms with Gasteiger partial charge in [0.1, 0.15) is 0 Å². The first-order valence-corrected chi connectivity index (χ1v) is 4.38. The van der Waals surface area contributed by atoms with E-state index in [-0.39, 0.29) is 0 Å². The average Bonchev–Trinajstić information content (AvgIpc) is 2.32. The fourth-order valence-corrected chi connectivity index (χ4v) is 0.746. The van der Waals surface area contributed by atoms with Crippen LogP contribution < -0.4 is 0 Å². The second-order valence-electron chi connectivity index (χ2n) is 3.01. The molecule has 0 bridgehead atoms. The highest BCUT2D eigenvalue weighted by atomic mass is 16.6. The van der Waals surface area contributed by atoms with Gasteiger partial charge in [0, 0.05) is 25.0 Å².